The van der Waals surface area contributed by atoms with Crippen LogP contribution in [0.15, 0.2) is 6.07 Å². The van der Waals surface area contributed by atoms with Crippen molar-refractivity contribution in [1.82, 2.24) is 9.27 Å². The van der Waals surface area contributed by atoms with Crippen molar-refractivity contribution in [3.05, 3.63) is 11.8 Å². The summed E-state index contributed by atoms with van der Waals surface area (Å²) in [7, 11) is 1.82. The molecule has 0 saturated heterocycles. The van der Waals surface area contributed by atoms with Crippen molar-refractivity contribution >= 4 is 22.6 Å². The van der Waals surface area contributed by atoms with Gasteiger partial charge in [-0.05, 0) is 24.0 Å². The van der Waals surface area contributed by atoms with Gasteiger partial charge in [0.1, 0.15) is 5.00 Å². The number of hydrogen-bond acceptors (Lipinski definition) is 3. The van der Waals surface area contributed by atoms with E-state index in [1.165, 1.54) is 11.5 Å². The molecular weight excluding hydrogens is 246 g/mol. The molecule has 18 heavy (non-hydrogen) atoms. The number of carbonyl (C=O) groups is 1. The minimum absolute atomic E-state index is 0.0214. The molecule has 0 aromatic carbocycles. The van der Waals surface area contributed by atoms with Gasteiger partial charge in [0, 0.05) is 19.0 Å². The van der Waals surface area contributed by atoms with E-state index in [0.29, 0.717) is 0 Å². The molecule has 0 unspecified atom stereocenters. The number of anilines is 1. The highest BCUT2D eigenvalue weighted by atomic mass is 32.1. The summed E-state index contributed by atoms with van der Waals surface area (Å²) < 4.78 is 4.37. The fourth-order valence-electron chi connectivity index (χ4n) is 1.39. The van der Waals surface area contributed by atoms with Gasteiger partial charge in [-0.3, -0.25) is 5.32 Å². The van der Waals surface area contributed by atoms with E-state index in [1.807, 2.05) is 13.1 Å². The van der Waals surface area contributed by atoms with Gasteiger partial charge in [-0.1, -0.05) is 34.1 Å². The molecule has 2 amide bonds. The van der Waals surface area contributed by atoms with Gasteiger partial charge in [-0.25, -0.2) is 4.79 Å². The third-order valence-corrected chi connectivity index (χ3v) is 3.41. The van der Waals surface area contributed by atoms with Gasteiger partial charge in [-0.2, -0.15) is 4.37 Å². The molecule has 0 aliphatic heterocycles. The first kappa shape index (κ1) is 15.0. The van der Waals surface area contributed by atoms with E-state index >= 15 is 0 Å². The maximum atomic E-state index is 11.9. The average Bonchev–Trinajstić information content (AvgIpc) is 2.73. The molecule has 0 spiro atoms. The summed E-state index contributed by atoms with van der Waals surface area (Å²) >= 11 is 1.34. The number of urea groups is 1. The Kier molecular flexibility index (Phi) is 5.14. The van der Waals surface area contributed by atoms with Crippen molar-refractivity contribution in [2.24, 2.45) is 0 Å². The van der Waals surface area contributed by atoms with Crippen molar-refractivity contribution in [3.8, 4) is 0 Å². The molecule has 0 atom stereocenters. The summed E-state index contributed by atoms with van der Waals surface area (Å²) in [6.07, 6.45) is 2.12. The lowest BCUT2D eigenvalue weighted by atomic mass is 9.92. The predicted molar refractivity (Wildman–Crippen MR) is 77.4 cm³/mol. The number of unbranched alkanes of at least 4 members (excludes halogenated alkanes) is 1. The summed E-state index contributed by atoms with van der Waals surface area (Å²) in [6.45, 7) is 9.24. The second-order valence-electron chi connectivity index (χ2n) is 5.53. The van der Waals surface area contributed by atoms with Crippen LogP contribution in [0, 0.1) is 0 Å². The zero-order chi connectivity index (χ0) is 13.8. The number of hydrogen-bond donors (Lipinski definition) is 1. The second-order valence-corrected chi connectivity index (χ2v) is 6.34. The van der Waals surface area contributed by atoms with Crippen molar-refractivity contribution in [1.29, 1.82) is 0 Å². The normalized spacial score (nSPS) is 11.4. The molecular formula is C13H23N3OS. The molecule has 0 saturated carbocycles. The van der Waals surface area contributed by atoms with Crippen molar-refractivity contribution in [3.63, 3.8) is 0 Å². The number of aromatic nitrogens is 1. The maximum absolute atomic E-state index is 11.9. The van der Waals surface area contributed by atoms with Crippen LogP contribution in [0.4, 0.5) is 9.80 Å². The van der Waals surface area contributed by atoms with Crippen LogP contribution in [-0.2, 0) is 5.41 Å². The van der Waals surface area contributed by atoms with E-state index in [-0.39, 0.29) is 11.4 Å². The molecule has 0 radical (unpaired) electrons. The van der Waals surface area contributed by atoms with Crippen LogP contribution in [0.25, 0.3) is 0 Å². The Morgan fingerprint density at radius 2 is 2.17 bits per heavy atom. The molecule has 1 N–H and O–H groups in total. The fourth-order valence-corrected chi connectivity index (χ4v) is 2.21. The van der Waals surface area contributed by atoms with E-state index in [4.69, 9.17) is 0 Å². The minimum atomic E-state index is -0.0624. The highest BCUT2D eigenvalue weighted by Crippen LogP contribution is 2.26. The molecule has 0 aliphatic carbocycles. The van der Waals surface area contributed by atoms with E-state index < -0.39 is 0 Å². The largest absolute Gasteiger partial charge is 0.328 e. The Labute approximate surface area is 114 Å². The monoisotopic (exact) mass is 269 g/mol. The van der Waals surface area contributed by atoms with Crippen molar-refractivity contribution in [2.75, 3.05) is 18.9 Å². The molecule has 102 valence electrons. The van der Waals surface area contributed by atoms with E-state index in [2.05, 4.69) is 37.4 Å². The molecule has 0 fully saturated rings. The molecule has 1 aromatic heterocycles. The quantitative estimate of drug-likeness (QED) is 0.905. The number of nitrogens with one attached hydrogen (secondary N) is 1. The fraction of sp³-hybridized carbons (Fsp3) is 0.692. The molecule has 4 nitrogen and oxygen atoms in total. The predicted octanol–water partition coefficient (Wildman–Crippen LogP) is 3.70. The number of amides is 2. The summed E-state index contributed by atoms with van der Waals surface area (Å²) in [5.41, 5.74) is 1.03. The Morgan fingerprint density at radius 3 is 2.67 bits per heavy atom. The highest BCUT2D eigenvalue weighted by molar-refractivity contribution is 7.10. The highest BCUT2D eigenvalue weighted by Gasteiger charge is 2.18. The van der Waals surface area contributed by atoms with Gasteiger partial charge in [0.15, 0.2) is 0 Å². The molecule has 1 aromatic rings. The zero-order valence-corrected chi connectivity index (χ0v) is 12.7. The van der Waals surface area contributed by atoms with Crippen LogP contribution in [0.2, 0.25) is 0 Å². The van der Waals surface area contributed by atoms with Crippen LogP contribution in [0.1, 0.15) is 46.2 Å². The van der Waals surface area contributed by atoms with Gasteiger partial charge in [0.2, 0.25) is 0 Å². The summed E-state index contributed by atoms with van der Waals surface area (Å²) in [4.78, 5) is 13.6. The Bertz CT molecular complexity index is 395. The van der Waals surface area contributed by atoms with Gasteiger partial charge >= 0.3 is 6.03 Å². The lowest BCUT2D eigenvalue weighted by Gasteiger charge is -2.16. The Hall–Kier alpha value is -1.10. The summed E-state index contributed by atoms with van der Waals surface area (Å²) in [5, 5.41) is 3.70. The van der Waals surface area contributed by atoms with E-state index in [1.54, 1.807) is 4.90 Å². The number of nitrogens with zero attached hydrogens (tertiary/aromatic N) is 2. The Morgan fingerprint density at radius 1 is 1.50 bits per heavy atom. The third kappa shape index (κ3) is 4.29. The van der Waals surface area contributed by atoms with Gasteiger partial charge in [-0.15, -0.1) is 0 Å². The molecule has 1 heterocycles. The molecule has 0 bridgehead atoms. The smallest absolute Gasteiger partial charge is 0.322 e. The first-order chi connectivity index (χ1) is 8.34. The van der Waals surface area contributed by atoms with E-state index in [9.17, 15) is 4.79 Å². The van der Waals surface area contributed by atoms with Crippen LogP contribution in [0.5, 0.6) is 0 Å². The summed E-state index contributed by atoms with van der Waals surface area (Å²) in [6, 6.07) is 1.89. The molecule has 0 aliphatic rings. The second kappa shape index (κ2) is 6.18. The van der Waals surface area contributed by atoms with Crippen LogP contribution < -0.4 is 5.32 Å². The molecule has 5 heteroatoms. The average molecular weight is 269 g/mol. The zero-order valence-electron chi connectivity index (χ0n) is 11.9. The van der Waals surface area contributed by atoms with Gasteiger partial charge < -0.3 is 4.90 Å². The Balaban J connectivity index is 2.57. The summed E-state index contributed by atoms with van der Waals surface area (Å²) in [5.74, 6) is 0. The van der Waals surface area contributed by atoms with Crippen LogP contribution in [-0.4, -0.2) is 28.9 Å². The topological polar surface area (TPSA) is 45.2 Å². The number of carbonyl (C=O) groups excluding carboxylic acids is 1. The molecule has 1 rings (SSSR count). The third-order valence-electron chi connectivity index (χ3n) is 2.70. The first-order valence-corrected chi connectivity index (χ1v) is 7.11. The van der Waals surface area contributed by atoms with E-state index in [0.717, 1.165) is 30.1 Å². The standard InChI is InChI=1S/C13H23N3OS/c1-6-7-8-16(5)12(17)14-11-9-10(15-18-11)13(2,3)4/h9H,6-8H2,1-5H3,(H,14,17). The maximum Gasteiger partial charge on any atom is 0.322 e. The van der Waals surface area contributed by atoms with Crippen LogP contribution in [0.3, 0.4) is 0 Å². The van der Waals surface area contributed by atoms with Gasteiger partial charge in [0.25, 0.3) is 0 Å². The van der Waals surface area contributed by atoms with Gasteiger partial charge in [0.05, 0.1) is 5.69 Å². The van der Waals surface area contributed by atoms with Crippen LogP contribution >= 0.6 is 11.5 Å². The lowest BCUT2D eigenvalue weighted by Crippen LogP contribution is -2.31. The number of rotatable bonds is 4. The SMILES string of the molecule is CCCCN(C)C(=O)Nc1cc(C(C)(C)C)ns1. The van der Waals surface area contributed by atoms with Crippen molar-refractivity contribution < 1.29 is 4.79 Å². The lowest BCUT2D eigenvalue weighted by molar-refractivity contribution is 0.222. The first-order valence-electron chi connectivity index (χ1n) is 6.34. The van der Waals surface area contributed by atoms with Crippen molar-refractivity contribution in [2.45, 2.75) is 46.0 Å². The minimum Gasteiger partial charge on any atom is -0.328 e.